The molecule has 1 N–H and O–H groups in total. The fourth-order valence-corrected chi connectivity index (χ4v) is 3.71. The van der Waals surface area contributed by atoms with E-state index in [1.807, 2.05) is 18.2 Å². The minimum atomic E-state index is -2.88. The Balaban J connectivity index is 1.31. The van der Waals surface area contributed by atoms with Crippen molar-refractivity contribution in [1.82, 2.24) is 30.5 Å². The first-order valence-corrected chi connectivity index (χ1v) is 10.7. The molecule has 0 spiro atoms. The molecule has 0 bridgehead atoms. The molecule has 0 unspecified atom stereocenters. The van der Waals surface area contributed by atoms with Crippen LogP contribution in [0.5, 0.6) is 0 Å². The van der Waals surface area contributed by atoms with E-state index in [1.165, 1.54) is 31.4 Å². The SMILES string of the molecule is Fc1cc(-c2nnc(C(F)F)o2)ccc1Cn1cc(-c2ccccc2CNC2CCC2)nn1. The molecule has 170 valence electrons. The van der Waals surface area contributed by atoms with Crippen LogP contribution in [0.4, 0.5) is 13.2 Å². The van der Waals surface area contributed by atoms with E-state index in [4.69, 9.17) is 4.42 Å². The molecule has 2 heterocycles. The van der Waals surface area contributed by atoms with Crippen molar-refractivity contribution < 1.29 is 17.6 Å². The Kier molecular flexibility index (Phi) is 5.91. The first-order chi connectivity index (χ1) is 16.1. The number of hydrogen-bond acceptors (Lipinski definition) is 6. The minimum absolute atomic E-state index is 0.160. The van der Waals surface area contributed by atoms with Crippen LogP contribution in [0.3, 0.4) is 0 Å². The molecule has 1 fully saturated rings. The fourth-order valence-electron chi connectivity index (χ4n) is 3.71. The topological polar surface area (TPSA) is 81.7 Å². The average molecular weight is 454 g/mol. The van der Waals surface area contributed by atoms with Gasteiger partial charge < -0.3 is 9.73 Å². The smallest absolute Gasteiger partial charge is 0.314 e. The molecule has 1 aliphatic carbocycles. The predicted octanol–water partition coefficient (Wildman–Crippen LogP) is 4.76. The number of hydrogen-bond donors (Lipinski definition) is 1. The summed E-state index contributed by atoms with van der Waals surface area (Å²) in [5, 5.41) is 18.8. The maximum Gasteiger partial charge on any atom is 0.314 e. The molecule has 0 radical (unpaired) electrons. The van der Waals surface area contributed by atoms with Crippen LogP contribution >= 0.6 is 0 Å². The van der Waals surface area contributed by atoms with Gasteiger partial charge in [0.05, 0.1) is 12.7 Å². The summed E-state index contributed by atoms with van der Waals surface area (Å²) in [4.78, 5) is 0. The summed E-state index contributed by atoms with van der Waals surface area (Å²) < 4.78 is 46.4. The number of aromatic nitrogens is 5. The molecule has 33 heavy (non-hydrogen) atoms. The highest BCUT2D eigenvalue weighted by atomic mass is 19.3. The van der Waals surface area contributed by atoms with Crippen molar-refractivity contribution in [1.29, 1.82) is 0 Å². The second kappa shape index (κ2) is 9.14. The maximum atomic E-state index is 14.7. The predicted molar refractivity (Wildman–Crippen MR) is 114 cm³/mol. The molecular formula is C23H21F3N6O. The van der Waals surface area contributed by atoms with Gasteiger partial charge in [0, 0.05) is 29.3 Å². The van der Waals surface area contributed by atoms with Gasteiger partial charge in [-0.2, -0.15) is 8.78 Å². The van der Waals surface area contributed by atoms with Crippen LogP contribution in [-0.2, 0) is 13.1 Å². The van der Waals surface area contributed by atoms with Gasteiger partial charge in [-0.3, -0.25) is 0 Å². The van der Waals surface area contributed by atoms with Crippen LogP contribution in [0, 0.1) is 5.82 Å². The van der Waals surface area contributed by atoms with E-state index in [2.05, 4.69) is 31.9 Å². The second-order valence-corrected chi connectivity index (χ2v) is 8.02. The summed E-state index contributed by atoms with van der Waals surface area (Å²) in [5.41, 5.74) is 3.42. The van der Waals surface area contributed by atoms with E-state index < -0.39 is 18.1 Å². The Hall–Kier alpha value is -3.53. The van der Waals surface area contributed by atoms with Gasteiger partial charge in [0.15, 0.2) is 0 Å². The highest BCUT2D eigenvalue weighted by Crippen LogP contribution is 2.26. The van der Waals surface area contributed by atoms with E-state index in [9.17, 15) is 13.2 Å². The zero-order valence-corrected chi connectivity index (χ0v) is 17.6. The number of rotatable bonds is 8. The van der Waals surface area contributed by atoms with Crippen LogP contribution in [-0.4, -0.2) is 31.2 Å². The van der Waals surface area contributed by atoms with Gasteiger partial charge in [0.2, 0.25) is 5.89 Å². The normalized spacial score (nSPS) is 14.1. The maximum absolute atomic E-state index is 14.7. The summed E-state index contributed by atoms with van der Waals surface area (Å²) >= 11 is 0. The summed E-state index contributed by atoms with van der Waals surface area (Å²) in [6.07, 6.45) is 2.60. The molecule has 1 saturated carbocycles. The number of nitrogens with zero attached hydrogens (tertiary/aromatic N) is 5. The summed E-state index contributed by atoms with van der Waals surface area (Å²) in [7, 11) is 0. The van der Waals surface area contributed by atoms with Crippen LogP contribution < -0.4 is 5.32 Å². The zero-order chi connectivity index (χ0) is 22.8. The van der Waals surface area contributed by atoms with Gasteiger partial charge in [-0.25, -0.2) is 9.07 Å². The van der Waals surface area contributed by atoms with Crippen molar-refractivity contribution >= 4 is 0 Å². The van der Waals surface area contributed by atoms with E-state index in [1.54, 1.807) is 16.9 Å². The Morgan fingerprint density at radius 3 is 2.64 bits per heavy atom. The molecule has 0 amide bonds. The molecular weight excluding hydrogens is 433 g/mol. The third-order valence-corrected chi connectivity index (χ3v) is 5.78. The lowest BCUT2D eigenvalue weighted by Crippen LogP contribution is -2.34. The quantitative estimate of drug-likeness (QED) is 0.413. The van der Waals surface area contributed by atoms with Gasteiger partial charge in [-0.15, -0.1) is 15.3 Å². The van der Waals surface area contributed by atoms with Crippen LogP contribution in [0.15, 0.2) is 53.1 Å². The van der Waals surface area contributed by atoms with Crippen molar-refractivity contribution in [3.8, 4) is 22.7 Å². The van der Waals surface area contributed by atoms with E-state index in [0.717, 1.165) is 17.7 Å². The first kappa shape index (κ1) is 21.3. The van der Waals surface area contributed by atoms with Crippen molar-refractivity contribution in [3.05, 3.63) is 71.5 Å². The molecule has 2 aromatic carbocycles. The number of nitrogens with one attached hydrogen (secondary N) is 1. The largest absolute Gasteiger partial charge is 0.415 e. The van der Waals surface area contributed by atoms with E-state index in [0.29, 0.717) is 17.3 Å². The number of benzene rings is 2. The lowest BCUT2D eigenvalue weighted by atomic mass is 9.93. The Morgan fingerprint density at radius 2 is 1.91 bits per heavy atom. The molecule has 1 aliphatic rings. The first-order valence-electron chi connectivity index (χ1n) is 10.7. The molecule has 2 aromatic heterocycles. The third-order valence-electron chi connectivity index (χ3n) is 5.78. The van der Waals surface area contributed by atoms with E-state index in [-0.39, 0.29) is 18.0 Å². The summed E-state index contributed by atoms with van der Waals surface area (Å²) in [6.45, 7) is 0.917. The minimum Gasteiger partial charge on any atom is -0.415 e. The van der Waals surface area contributed by atoms with Crippen molar-refractivity contribution in [2.45, 2.75) is 44.8 Å². The molecule has 10 heteroatoms. The lowest BCUT2D eigenvalue weighted by Gasteiger charge is -2.26. The van der Waals surface area contributed by atoms with Gasteiger partial charge in [0.25, 0.3) is 5.89 Å². The fraction of sp³-hybridized carbons (Fsp3) is 0.304. The summed E-state index contributed by atoms with van der Waals surface area (Å²) in [5.74, 6) is -1.50. The molecule has 7 nitrogen and oxygen atoms in total. The molecule has 0 atom stereocenters. The van der Waals surface area contributed by atoms with Crippen molar-refractivity contribution in [2.75, 3.05) is 0 Å². The highest BCUT2D eigenvalue weighted by molar-refractivity contribution is 5.62. The summed E-state index contributed by atoms with van der Waals surface area (Å²) in [6, 6.07) is 12.8. The Labute approximate surface area is 187 Å². The molecule has 0 saturated heterocycles. The molecule has 5 rings (SSSR count). The van der Waals surface area contributed by atoms with Gasteiger partial charge in [-0.05, 0) is 30.5 Å². The average Bonchev–Trinajstić information content (AvgIpc) is 3.45. The van der Waals surface area contributed by atoms with Gasteiger partial charge in [-0.1, -0.05) is 42.0 Å². The van der Waals surface area contributed by atoms with Crippen LogP contribution in [0.1, 0.15) is 42.7 Å². The number of alkyl halides is 2. The van der Waals surface area contributed by atoms with Gasteiger partial charge >= 0.3 is 6.43 Å². The molecule has 0 aliphatic heterocycles. The standard InChI is InChI=1S/C23H21F3N6O/c24-19-10-14(22-29-30-23(33-22)21(25)26)8-9-16(19)12-32-13-20(28-31-32)18-7-2-1-4-15(18)11-27-17-5-3-6-17/h1-2,4,7-10,13,17,21,27H,3,5-6,11-12H2. The van der Waals surface area contributed by atoms with E-state index >= 15 is 0 Å². The number of halogens is 3. The monoisotopic (exact) mass is 454 g/mol. The van der Waals surface area contributed by atoms with Crippen molar-refractivity contribution in [3.63, 3.8) is 0 Å². The van der Waals surface area contributed by atoms with Crippen LogP contribution in [0.2, 0.25) is 0 Å². The lowest BCUT2D eigenvalue weighted by molar-refractivity contribution is 0.116. The zero-order valence-electron chi connectivity index (χ0n) is 17.6. The van der Waals surface area contributed by atoms with Gasteiger partial charge in [0.1, 0.15) is 11.5 Å². The third kappa shape index (κ3) is 4.65. The molecule has 4 aromatic rings. The Morgan fingerprint density at radius 1 is 1.06 bits per heavy atom. The van der Waals surface area contributed by atoms with Crippen molar-refractivity contribution in [2.24, 2.45) is 0 Å². The second-order valence-electron chi connectivity index (χ2n) is 8.02. The highest BCUT2D eigenvalue weighted by Gasteiger charge is 2.19. The van der Waals surface area contributed by atoms with Crippen LogP contribution in [0.25, 0.3) is 22.7 Å². The Bertz CT molecular complexity index is 1250.